The minimum absolute atomic E-state index is 0.0967. The van der Waals surface area contributed by atoms with Gasteiger partial charge in [0, 0.05) is 0 Å². The van der Waals surface area contributed by atoms with Gasteiger partial charge in [-0.3, -0.25) is 0 Å². The molecule has 0 radical (unpaired) electrons. The summed E-state index contributed by atoms with van der Waals surface area (Å²) in [4.78, 5) is 6.03. The van der Waals surface area contributed by atoms with Crippen molar-refractivity contribution in [1.82, 2.24) is 4.72 Å². The van der Waals surface area contributed by atoms with Gasteiger partial charge in [0.2, 0.25) is 0 Å². The Morgan fingerprint density at radius 2 is 2.06 bits per heavy atom. The zero-order valence-corrected chi connectivity index (χ0v) is 9.16. The molecule has 0 spiro atoms. The van der Waals surface area contributed by atoms with Gasteiger partial charge in [-0.2, -0.15) is 0 Å². The van der Waals surface area contributed by atoms with E-state index >= 15 is 0 Å². The summed E-state index contributed by atoms with van der Waals surface area (Å²) in [5.74, 6) is -1.05. The number of sulfonamides is 1. The van der Waals surface area contributed by atoms with Crippen LogP contribution in [-0.4, -0.2) is 45.2 Å². The summed E-state index contributed by atoms with van der Waals surface area (Å²) in [7, 11) is -7.09. The van der Waals surface area contributed by atoms with Crippen molar-refractivity contribution in [2.45, 2.75) is 12.3 Å². The molecule has 0 unspecified atom stereocenters. The summed E-state index contributed by atoms with van der Waals surface area (Å²) in [5.41, 5.74) is -5.55. The van der Waals surface area contributed by atoms with Crippen molar-refractivity contribution in [2.75, 3.05) is 0 Å². The van der Waals surface area contributed by atoms with E-state index in [9.17, 15) is 26.3 Å². The van der Waals surface area contributed by atoms with Crippen LogP contribution in [0.5, 0.6) is 0 Å². The van der Waals surface area contributed by atoms with Crippen LogP contribution >= 0.6 is 0 Å². The average molecular weight is 271 g/mol. The second-order valence-corrected chi connectivity index (χ2v) is 4.22. The van der Waals surface area contributed by atoms with Crippen LogP contribution in [0.15, 0.2) is 9.90 Å². The molecule has 7 nitrogen and oxygen atoms in total. The van der Waals surface area contributed by atoms with E-state index in [2.05, 4.69) is 9.90 Å². The van der Waals surface area contributed by atoms with E-state index in [0.717, 1.165) is 11.5 Å². The maximum atomic E-state index is 12.0. The van der Waals surface area contributed by atoms with Crippen LogP contribution in [-0.2, 0) is 14.7 Å². The Hall–Kier alpha value is -1.23. The van der Waals surface area contributed by atoms with E-state index in [1.165, 1.54) is 0 Å². The second kappa shape index (κ2) is 5.91. The first-order valence-electron chi connectivity index (χ1n) is 3.93. The number of hydrogen-bond donors (Lipinski definition) is 2. The van der Waals surface area contributed by atoms with Crippen molar-refractivity contribution in [3.63, 3.8) is 0 Å². The summed E-state index contributed by atoms with van der Waals surface area (Å²) in [6.07, 6.45) is 0.472. The maximum absolute atomic E-state index is 12.0. The first kappa shape index (κ1) is 15.8. The molecular weight excluding hydrogens is 265 g/mol. The Balaban J connectivity index is 5.15. The minimum atomic E-state index is -5.69. The molecule has 0 aromatic heterocycles. The zero-order chi connectivity index (χ0) is 13.7. The molecule has 0 atom stereocenters. The average Bonchev–Trinajstić information content (AvgIpc) is 2.10. The van der Waals surface area contributed by atoms with Gasteiger partial charge >= 0.3 is 94.6 Å². The third kappa shape index (κ3) is 5.58. The van der Waals surface area contributed by atoms with Crippen LogP contribution in [0.25, 0.3) is 0 Å². The molecule has 0 aliphatic carbocycles. The number of guanidine groups is 1. The molecule has 0 saturated carbocycles. The van der Waals surface area contributed by atoms with Crippen molar-refractivity contribution in [1.29, 1.82) is 0 Å². The predicted molar refractivity (Wildman–Crippen MR) is 54.3 cm³/mol. The summed E-state index contributed by atoms with van der Waals surface area (Å²) in [5, 5.41) is 8.76. The number of aliphatic imine (C=N–C) groups is 1. The molecular formula is C4H6B2F3N3O4S. The molecule has 0 saturated heterocycles. The predicted octanol–water partition coefficient (Wildman–Crippen LogP) is -1.03. The number of hydrogen-bond acceptors (Lipinski definition) is 5. The van der Waals surface area contributed by atoms with Gasteiger partial charge in [-0.05, 0) is 0 Å². The number of nitrogens with one attached hydrogen (secondary N) is 1. The molecule has 2 N–H and O–H groups in total. The molecule has 0 heterocycles. The van der Waals surface area contributed by atoms with E-state index in [1.54, 1.807) is 0 Å². The Kier molecular flexibility index (Phi) is 5.48. The number of rotatable bonds is 3. The molecule has 0 rings (SSSR count). The number of nitrogens with zero attached hydrogens (tertiary/aromatic N) is 2. The Bertz CT molecular complexity index is 432. The first-order chi connectivity index (χ1) is 7.60. The standard InChI is InChI=1S/C4H6B2F3N3O4S/c1-6(14)11-3(10-2-5-13)12-17(15,16)4(7,8)9/h2,14H,1H3,(H,11,12)/b10-2+. The summed E-state index contributed by atoms with van der Waals surface area (Å²) < 4.78 is 68.1. The van der Waals surface area contributed by atoms with E-state index in [1.807, 2.05) is 0 Å². The molecule has 0 aromatic carbocycles. The molecule has 0 bridgehead atoms. The Morgan fingerprint density at radius 3 is 2.41 bits per heavy atom. The van der Waals surface area contributed by atoms with Crippen LogP contribution < -0.4 is 4.72 Å². The third-order valence-corrected chi connectivity index (χ3v) is 2.16. The monoisotopic (exact) mass is 271 g/mol. The fraction of sp³-hybridized carbons (Fsp3) is 0.500. The molecule has 13 heteroatoms. The van der Waals surface area contributed by atoms with Crippen molar-refractivity contribution in [2.24, 2.45) is 9.90 Å². The van der Waals surface area contributed by atoms with Crippen LogP contribution in [0.2, 0.25) is 6.82 Å². The van der Waals surface area contributed by atoms with E-state index in [0.29, 0.717) is 6.11 Å². The van der Waals surface area contributed by atoms with Crippen molar-refractivity contribution in [3.8, 4) is 0 Å². The third-order valence-electron chi connectivity index (χ3n) is 1.10. The first-order valence-corrected chi connectivity index (χ1v) is 5.41. The molecule has 0 aromatic rings. The van der Waals surface area contributed by atoms with Crippen LogP contribution in [0, 0.1) is 0 Å². The van der Waals surface area contributed by atoms with Gasteiger partial charge in [0.15, 0.2) is 0 Å². The number of alkyl halides is 3. The van der Waals surface area contributed by atoms with Crippen molar-refractivity contribution >= 4 is 36.3 Å². The van der Waals surface area contributed by atoms with Gasteiger partial charge in [0.05, 0.1) is 0 Å². The quantitative estimate of drug-likeness (QED) is 0.388. The zero-order valence-electron chi connectivity index (χ0n) is 8.34. The second-order valence-electron chi connectivity index (χ2n) is 2.55. The van der Waals surface area contributed by atoms with E-state index in [4.69, 9.17) is 5.02 Å². The van der Waals surface area contributed by atoms with Crippen molar-refractivity contribution < 1.29 is 31.3 Å². The molecule has 0 amide bonds. The van der Waals surface area contributed by atoms with Gasteiger partial charge in [0.25, 0.3) is 0 Å². The van der Waals surface area contributed by atoms with Gasteiger partial charge < -0.3 is 0 Å². The van der Waals surface area contributed by atoms with Crippen LogP contribution in [0.4, 0.5) is 13.2 Å². The van der Waals surface area contributed by atoms with Crippen LogP contribution in [0.3, 0.4) is 0 Å². The van der Waals surface area contributed by atoms with E-state index < -0.39 is 28.5 Å². The van der Waals surface area contributed by atoms with Crippen molar-refractivity contribution in [3.05, 3.63) is 0 Å². The van der Waals surface area contributed by atoms with Gasteiger partial charge in [0.1, 0.15) is 0 Å². The van der Waals surface area contributed by atoms with Gasteiger partial charge in [-0.15, -0.1) is 0 Å². The topological polar surface area (TPSA) is 108 Å². The summed E-state index contributed by atoms with van der Waals surface area (Å²) in [6, 6.07) is 0. The fourth-order valence-corrected chi connectivity index (χ4v) is 1.00. The molecule has 94 valence electrons. The summed E-state index contributed by atoms with van der Waals surface area (Å²) >= 11 is 0. The number of halogens is 3. The van der Waals surface area contributed by atoms with Gasteiger partial charge in [-0.25, -0.2) is 0 Å². The summed E-state index contributed by atoms with van der Waals surface area (Å²) in [6.45, 7) is 1.05. The Labute approximate surface area is 95.3 Å². The van der Waals surface area contributed by atoms with Gasteiger partial charge in [-0.1, -0.05) is 0 Å². The fourth-order valence-electron chi connectivity index (χ4n) is 0.542. The molecule has 17 heavy (non-hydrogen) atoms. The Morgan fingerprint density at radius 1 is 1.53 bits per heavy atom. The molecule has 0 aliphatic rings. The normalized spacial score (nSPS) is 13.6. The SMILES string of the molecule is CB(O)/N=C(\N=C\B=O)NS(=O)(=O)C(F)(F)F. The van der Waals surface area contributed by atoms with E-state index in [-0.39, 0.29) is 7.15 Å². The molecule has 0 fully saturated rings. The van der Waals surface area contributed by atoms with Crippen LogP contribution in [0.1, 0.15) is 0 Å². The molecule has 0 aliphatic heterocycles.